The lowest BCUT2D eigenvalue weighted by Gasteiger charge is -2.22. The number of carbonyl (C=O) groups is 2. The number of hydrogen-bond donors (Lipinski definition) is 0. The summed E-state index contributed by atoms with van der Waals surface area (Å²) in [6.07, 6.45) is 0. The number of ether oxygens (including phenoxy) is 2. The van der Waals surface area contributed by atoms with E-state index >= 15 is 0 Å². The standard InChI is InChI=1S/C10H18N2O4/c1-7(13)15-9(3,4)11-12-10(5,6)16-8(2)14/h1-6H3. The highest BCUT2D eigenvalue weighted by atomic mass is 16.6. The maximum atomic E-state index is 10.8. The van der Waals surface area contributed by atoms with Crippen LogP contribution >= 0.6 is 0 Å². The lowest BCUT2D eigenvalue weighted by Crippen LogP contribution is -2.28. The normalized spacial score (nSPS) is 12.6. The maximum Gasteiger partial charge on any atom is 0.304 e. The zero-order valence-corrected chi connectivity index (χ0v) is 10.5. The van der Waals surface area contributed by atoms with Crippen molar-refractivity contribution < 1.29 is 19.1 Å². The minimum atomic E-state index is -1.07. The van der Waals surface area contributed by atoms with Gasteiger partial charge in [-0.15, -0.1) is 10.2 Å². The van der Waals surface area contributed by atoms with Crippen molar-refractivity contribution >= 4 is 11.9 Å². The minimum absolute atomic E-state index is 0.450. The van der Waals surface area contributed by atoms with Crippen molar-refractivity contribution in [1.29, 1.82) is 0 Å². The largest absolute Gasteiger partial charge is 0.436 e. The second-order valence-electron chi connectivity index (χ2n) is 4.28. The van der Waals surface area contributed by atoms with Gasteiger partial charge in [0.2, 0.25) is 11.4 Å². The number of rotatable bonds is 4. The van der Waals surface area contributed by atoms with Crippen LogP contribution < -0.4 is 0 Å². The monoisotopic (exact) mass is 230 g/mol. The first-order chi connectivity index (χ1) is 7.04. The first-order valence-electron chi connectivity index (χ1n) is 4.87. The van der Waals surface area contributed by atoms with Gasteiger partial charge in [-0.3, -0.25) is 9.59 Å². The van der Waals surface area contributed by atoms with E-state index in [1.807, 2.05) is 0 Å². The van der Waals surface area contributed by atoms with E-state index in [-0.39, 0.29) is 0 Å². The van der Waals surface area contributed by atoms with E-state index in [0.717, 1.165) is 0 Å². The van der Waals surface area contributed by atoms with Gasteiger partial charge in [-0.25, -0.2) is 0 Å². The smallest absolute Gasteiger partial charge is 0.304 e. The topological polar surface area (TPSA) is 77.3 Å². The quantitative estimate of drug-likeness (QED) is 0.547. The molecule has 0 aliphatic heterocycles. The predicted octanol–water partition coefficient (Wildman–Crippen LogP) is 2.04. The number of esters is 2. The fraction of sp³-hybridized carbons (Fsp3) is 0.800. The highest BCUT2D eigenvalue weighted by Crippen LogP contribution is 2.18. The number of nitrogens with zero attached hydrogens (tertiary/aromatic N) is 2. The summed E-state index contributed by atoms with van der Waals surface area (Å²) < 4.78 is 9.80. The molecule has 0 unspecified atom stereocenters. The summed E-state index contributed by atoms with van der Waals surface area (Å²) in [7, 11) is 0. The van der Waals surface area contributed by atoms with Crippen LogP contribution in [0.5, 0.6) is 0 Å². The van der Waals surface area contributed by atoms with Gasteiger partial charge in [0, 0.05) is 13.8 Å². The summed E-state index contributed by atoms with van der Waals surface area (Å²) in [5.41, 5.74) is -2.13. The van der Waals surface area contributed by atoms with Crippen LogP contribution in [0.25, 0.3) is 0 Å². The van der Waals surface area contributed by atoms with Gasteiger partial charge in [0.05, 0.1) is 0 Å². The van der Waals surface area contributed by atoms with Gasteiger partial charge in [0.1, 0.15) is 0 Å². The average molecular weight is 230 g/mol. The molecule has 0 spiro atoms. The molecule has 0 atom stereocenters. The van der Waals surface area contributed by atoms with Crippen LogP contribution in [0.4, 0.5) is 0 Å². The Morgan fingerprint density at radius 3 is 1.25 bits per heavy atom. The second-order valence-corrected chi connectivity index (χ2v) is 4.28. The first kappa shape index (κ1) is 14.5. The summed E-state index contributed by atoms with van der Waals surface area (Å²) in [6.45, 7) is 8.91. The molecule has 6 heteroatoms. The maximum absolute atomic E-state index is 10.8. The summed E-state index contributed by atoms with van der Waals surface area (Å²) in [5, 5.41) is 7.65. The summed E-state index contributed by atoms with van der Waals surface area (Å²) >= 11 is 0. The molecule has 0 amide bonds. The summed E-state index contributed by atoms with van der Waals surface area (Å²) in [5.74, 6) is -0.900. The Balaban J connectivity index is 4.56. The third-order valence-corrected chi connectivity index (χ3v) is 1.32. The van der Waals surface area contributed by atoms with Crippen molar-refractivity contribution in [1.82, 2.24) is 0 Å². The molecular weight excluding hydrogens is 212 g/mol. The molecule has 92 valence electrons. The molecule has 0 aliphatic carbocycles. The van der Waals surface area contributed by atoms with E-state index in [1.165, 1.54) is 13.8 Å². The van der Waals surface area contributed by atoms with Gasteiger partial charge < -0.3 is 9.47 Å². The van der Waals surface area contributed by atoms with Crippen LogP contribution in [0.2, 0.25) is 0 Å². The first-order valence-corrected chi connectivity index (χ1v) is 4.87. The lowest BCUT2D eigenvalue weighted by atomic mass is 10.3. The molecule has 0 heterocycles. The van der Waals surface area contributed by atoms with Crippen molar-refractivity contribution in [2.45, 2.75) is 53.0 Å². The molecule has 0 aliphatic rings. The third-order valence-electron chi connectivity index (χ3n) is 1.32. The second kappa shape index (κ2) is 5.05. The molecular formula is C10H18N2O4. The molecule has 0 aromatic heterocycles. The van der Waals surface area contributed by atoms with Crippen molar-refractivity contribution in [3.05, 3.63) is 0 Å². The van der Waals surface area contributed by atoms with E-state index in [4.69, 9.17) is 9.47 Å². The van der Waals surface area contributed by atoms with E-state index < -0.39 is 23.4 Å². The van der Waals surface area contributed by atoms with Gasteiger partial charge in [-0.2, -0.15) is 0 Å². The predicted molar refractivity (Wildman–Crippen MR) is 56.5 cm³/mol. The van der Waals surface area contributed by atoms with Crippen LogP contribution in [-0.4, -0.2) is 23.4 Å². The molecule has 0 fully saturated rings. The van der Waals surface area contributed by atoms with Gasteiger partial charge >= 0.3 is 11.9 Å². The molecule has 0 bridgehead atoms. The molecule has 0 N–H and O–H groups in total. The van der Waals surface area contributed by atoms with Crippen LogP contribution in [-0.2, 0) is 19.1 Å². The zero-order valence-electron chi connectivity index (χ0n) is 10.5. The average Bonchev–Trinajstić information content (AvgIpc) is 1.96. The molecule has 0 saturated carbocycles. The summed E-state index contributed by atoms with van der Waals surface area (Å²) in [4.78, 5) is 21.5. The van der Waals surface area contributed by atoms with E-state index in [0.29, 0.717) is 0 Å². The van der Waals surface area contributed by atoms with Crippen LogP contribution in [0.1, 0.15) is 41.5 Å². The zero-order chi connectivity index (χ0) is 13.0. The number of hydrogen-bond acceptors (Lipinski definition) is 6. The summed E-state index contributed by atoms with van der Waals surface area (Å²) in [6, 6.07) is 0. The molecule has 0 rings (SSSR count). The fourth-order valence-electron chi connectivity index (χ4n) is 0.985. The van der Waals surface area contributed by atoms with Gasteiger partial charge in [0.25, 0.3) is 0 Å². The van der Waals surface area contributed by atoms with E-state index in [9.17, 15) is 9.59 Å². The SMILES string of the molecule is CC(=O)OC(C)(C)N=NC(C)(C)OC(C)=O. The van der Waals surface area contributed by atoms with Crippen molar-refractivity contribution in [3.63, 3.8) is 0 Å². The van der Waals surface area contributed by atoms with Crippen molar-refractivity contribution in [3.8, 4) is 0 Å². The Kier molecular flexibility index (Phi) is 4.59. The van der Waals surface area contributed by atoms with Gasteiger partial charge in [0.15, 0.2) is 0 Å². The molecule has 0 aromatic rings. The van der Waals surface area contributed by atoms with E-state index in [1.54, 1.807) is 27.7 Å². The Morgan fingerprint density at radius 1 is 0.812 bits per heavy atom. The van der Waals surface area contributed by atoms with Gasteiger partial charge in [-0.05, 0) is 27.7 Å². The van der Waals surface area contributed by atoms with Crippen LogP contribution in [0, 0.1) is 0 Å². The highest BCUT2D eigenvalue weighted by Gasteiger charge is 2.25. The Hall–Kier alpha value is -1.46. The minimum Gasteiger partial charge on any atom is -0.436 e. The van der Waals surface area contributed by atoms with Crippen molar-refractivity contribution in [2.75, 3.05) is 0 Å². The van der Waals surface area contributed by atoms with Gasteiger partial charge in [-0.1, -0.05) is 0 Å². The number of carbonyl (C=O) groups excluding carboxylic acids is 2. The Bertz CT molecular complexity index is 278. The Morgan fingerprint density at radius 2 is 1.06 bits per heavy atom. The molecule has 16 heavy (non-hydrogen) atoms. The Labute approximate surface area is 95.0 Å². The lowest BCUT2D eigenvalue weighted by molar-refractivity contribution is -0.158. The molecule has 0 saturated heterocycles. The molecule has 6 nitrogen and oxygen atoms in total. The molecule has 0 aromatic carbocycles. The van der Waals surface area contributed by atoms with Crippen molar-refractivity contribution in [2.24, 2.45) is 10.2 Å². The molecule has 0 radical (unpaired) electrons. The number of azo groups is 1. The van der Waals surface area contributed by atoms with Crippen LogP contribution in [0.3, 0.4) is 0 Å². The fourth-order valence-corrected chi connectivity index (χ4v) is 0.985. The highest BCUT2D eigenvalue weighted by molar-refractivity contribution is 5.66. The van der Waals surface area contributed by atoms with Crippen LogP contribution in [0.15, 0.2) is 10.2 Å². The van der Waals surface area contributed by atoms with E-state index in [2.05, 4.69) is 10.2 Å². The third kappa shape index (κ3) is 6.92.